The Bertz CT molecular complexity index is 819. The topological polar surface area (TPSA) is 61.4 Å². The molecule has 0 spiro atoms. The highest BCUT2D eigenvalue weighted by Gasteiger charge is 2.20. The van der Waals surface area contributed by atoms with Crippen molar-refractivity contribution in [1.82, 2.24) is 5.32 Å². The number of hydrogen-bond acceptors (Lipinski definition) is 3. The fraction of sp³-hybridized carbons (Fsp3) is 0.333. The first kappa shape index (κ1) is 18.9. The molecule has 2 aromatic rings. The lowest BCUT2D eigenvalue weighted by Crippen LogP contribution is -2.34. The standard InChI is InChI=1S/C21H24FN3O2/c1-25(19-13-7-5-11-17(19)22)14-20(26)24-18-12-6-4-10-16(18)21(27)23-15-8-2-3-9-15/h4-7,10-13,15H,2-3,8-9,14H2,1H3,(H,23,27)(H,24,26). The van der Waals surface area contributed by atoms with E-state index < -0.39 is 0 Å². The Hall–Kier alpha value is -2.89. The second-order valence-corrected chi connectivity index (χ2v) is 6.86. The van der Waals surface area contributed by atoms with Crippen molar-refractivity contribution in [2.24, 2.45) is 0 Å². The van der Waals surface area contributed by atoms with Crippen molar-refractivity contribution in [1.29, 1.82) is 0 Å². The molecule has 1 fully saturated rings. The van der Waals surface area contributed by atoms with Gasteiger partial charge in [0, 0.05) is 13.1 Å². The summed E-state index contributed by atoms with van der Waals surface area (Å²) in [6.45, 7) is -0.0283. The quantitative estimate of drug-likeness (QED) is 0.818. The molecule has 0 bridgehead atoms. The number of benzene rings is 2. The average Bonchev–Trinajstić information content (AvgIpc) is 3.15. The third-order valence-corrected chi connectivity index (χ3v) is 4.78. The third-order valence-electron chi connectivity index (χ3n) is 4.78. The first-order valence-electron chi connectivity index (χ1n) is 9.20. The molecule has 1 aliphatic rings. The molecule has 2 N–H and O–H groups in total. The van der Waals surface area contributed by atoms with Gasteiger partial charge in [-0.25, -0.2) is 4.39 Å². The second-order valence-electron chi connectivity index (χ2n) is 6.86. The van der Waals surface area contributed by atoms with Crippen molar-refractivity contribution in [2.45, 2.75) is 31.7 Å². The molecule has 0 radical (unpaired) electrons. The second kappa shape index (κ2) is 8.66. The van der Waals surface area contributed by atoms with E-state index in [4.69, 9.17) is 0 Å². The van der Waals surface area contributed by atoms with E-state index in [-0.39, 0.29) is 30.2 Å². The fourth-order valence-electron chi connectivity index (χ4n) is 3.38. The number of para-hydroxylation sites is 2. The summed E-state index contributed by atoms with van der Waals surface area (Å²) in [6.07, 6.45) is 4.25. The number of hydrogen-bond donors (Lipinski definition) is 2. The largest absolute Gasteiger partial charge is 0.363 e. The van der Waals surface area contributed by atoms with Gasteiger partial charge in [-0.1, -0.05) is 37.1 Å². The van der Waals surface area contributed by atoms with Gasteiger partial charge in [0.05, 0.1) is 23.5 Å². The number of halogens is 1. The molecule has 0 unspecified atom stereocenters. The van der Waals surface area contributed by atoms with E-state index in [0.717, 1.165) is 25.7 Å². The number of rotatable bonds is 6. The van der Waals surface area contributed by atoms with Gasteiger partial charge in [0.2, 0.25) is 5.91 Å². The molecule has 0 aliphatic heterocycles. The van der Waals surface area contributed by atoms with Gasteiger partial charge in [-0.15, -0.1) is 0 Å². The van der Waals surface area contributed by atoms with E-state index in [0.29, 0.717) is 16.9 Å². The summed E-state index contributed by atoms with van der Waals surface area (Å²) in [4.78, 5) is 26.5. The van der Waals surface area contributed by atoms with E-state index in [1.165, 1.54) is 11.0 Å². The number of nitrogens with one attached hydrogen (secondary N) is 2. The molecular weight excluding hydrogens is 345 g/mol. The van der Waals surface area contributed by atoms with Crippen molar-refractivity contribution in [3.05, 3.63) is 59.9 Å². The predicted molar refractivity (Wildman–Crippen MR) is 104 cm³/mol. The van der Waals surface area contributed by atoms with Crippen molar-refractivity contribution in [3.8, 4) is 0 Å². The van der Waals surface area contributed by atoms with Crippen LogP contribution in [0, 0.1) is 5.82 Å². The molecule has 0 heterocycles. The first-order valence-corrected chi connectivity index (χ1v) is 9.20. The minimum atomic E-state index is -0.385. The van der Waals surface area contributed by atoms with Crippen LogP contribution in [0.25, 0.3) is 0 Å². The highest BCUT2D eigenvalue weighted by atomic mass is 19.1. The van der Waals surface area contributed by atoms with Crippen LogP contribution in [0.4, 0.5) is 15.8 Å². The van der Waals surface area contributed by atoms with Crippen LogP contribution in [-0.2, 0) is 4.79 Å². The summed E-state index contributed by atoms with van der Waals surface area (Å²) in [7, 11) is 1.65. The number of carbonyl (C=O) groups excluding carboxylic acids is 2. The Balaban J connectivity index is 1.65. The van der Waals surface area contributed by atoms with Gasteiger partial charge in [-0.2, -0.15) is 0 Å². The van der Waals surface area contributed by atoms with Crippen LogP contribution >= 0.6 is 0 Å². The maximum absolute atomic E-state index is 13.9. The highest BCUT2D eigenvalue weighted by Crippen LogP contribution is 2.21. The molecule has 3 rings (SSSR count). The van der Waals surface area contributed by atoms with E-state index >= 15 is 0 Å². The van der Waals surface area contributed by atoms with E-state index in [1.807, 2.05) is 0 Å². The molecule has 5 nitrogen and oxygen atoms in total. The van der Waals surface area contributed by atoms with Crippen LogP contribution in [-0.4, -0.2) is 31.4 Å². The summed E-state index contributed by atoms with van der Waals surface area (Å²) in [6, 6.07) is 13.4. The summed E-state index contributed by atoms with van der Waals surface area (Å²) in [5.41, 5.74) is 1.24. The number of amides is 2. The number of nitrogens with zero attached hydrogens (tertiary/aromatic N) is 1. The minimum absolute atomic E-state index is 0.0283. The number of likely N-dealkylation sites (N-methyl/N-ethyl adjacent to an activating group) is 1. The lowest BCUT2D eigenvalue weighted by Gasteiger charge is -2.20. The molecule has 0 saturated heterocycles. The Morgan fingerprint density at radius 1 is 1.07 bits per heavy atom. The Kier molecular flexibility index (Phi) is 6.06. The van der Waals surface area contributed by atoms with Gasteiger partial charge < -0.3 is 15.5 Å². The van der Waals surface area contributed by atoms with Crippen molar-refractivity contribution in [2.75, 3.05) is 23.8 Å². The van der Waals surface area contributed by atoms with Gasteiger partial charge in [0.15, 0.2) is 0 Å². The molecule has 1 aliphatic carbocycles. The van der Waals surface area contributed by atoms with Crippen LogP contribution in [0.3, 0.4) is 0 Å². The summed E-state index contributed by atoms with van der Waals surface area (Å²) in [5.74, 6) is -0.883. The van der Waals surface area contributed by atoms with Crippen LogP contribution in [0.2, 0.25) is 0 Å². The van der Waals surface area contributed by atoms with Crippen LogP contribution in [0.1, 0.15) is 36.0 Å². The first-order chi connectivity index (χ1) is 13.0. The lowest BCUT2D eigenvalue weighted by molar-refractivity contribution is -0.114. The molecular formula is C21H24FN3O2. The Morgan fingerprint density at radius 3 is 2.48 bits per heavy atom. The van der Waals surface area contributed by atoms with Gasteiger partial charge in [-0.3, -0.25) is 9.59 Å². The van der Waals surface area contributed by atoms with Gasteiger partial charge in [-0.05, 0) is 37.1 Å². The molecule has 1 saturated carbocycles. The number of carbonyl (C=O) groups is 2. The molecule has 27 heavy (non-hydrogen) atoms. The zero-order valence-electron chi connectivity index (χ0n) is 15.4. The SMILES string of the molecule is CN(CC(=O)Nc1ccccc1C(=O)NC1CCCC1)c1ccccc1F. The third kappa shape index (κ3) is 4.84. The molecule has 0 atom stereocenters. The predicted octanol–water partition coefficient (Wildman–Crippen LogP) is 3.57. The highest BCUT2D eigenvalue weighted by molar-refractivity contribution is 6.04. The number of anilines is 2. The normalized spacial score (nSPS) is 14.0. The average molecular weight is 369 g/mol. The van der Waals surface area contributed by atoms with Gasteiger partial charge in [0.25, 0.3) is 5.91 Å². The van der Waals surface area contributed by atoms with E-state index in [9.17, 15) is 14.0 Å². The summed E-state index contributed by atoms with van der Waals surface area (Å²) < 4.78 is 13.9. The summed E-state index contributed by atoms with van der Waals surface area (Å²) in [5, 5.41) is 5.81. The minimum Gasteiger partial charge on any atom is -0.363 e. The summed E-state index contributed by atoms with van der Waals surface area (Å²) >= 11 is 0. The van der Waals surface area contributed by atoms with Crippen molar-refractivity contribution >= 4 is 23.2 Å². The smallest absolute Gasteiger partial charge is 0.253 e. The van der Waals surface area contributed by atoms with Crippen molar-refractivity contribution in [3.63, 3.8) is 0 Å². The zero-order valence-corrected chi connectivity index (χ0v) is 15.4. The Morgan fingerprint density at radius 2 is 1.74 bits per heavy atom. The van der Waals surface area contributed by atoms with Gasteiger partial charge >= 0.3 is 0 Å². The van der Waals surface area contributed by atoms with Gasteiger partial charge in [0.1, 0.15) is 5.82 Å². The van der Waals surface area contributed by atoms with Crippen LogP contribution in [0.15, 0.2) is 48.5 Å². The Labute approximate surface area is 158 Å². The molecule has 2 aromatic carbocycles. The molecule has 142 valence electrons. The molecule has 6 heteroatoms. The lowest BCUT2D eigenvalue weighted by atomic mass is 10.1. The molecule has 0 aromatic heterocycles. The van der Waals surface area contributed by atoms with E-state index in [1.54, 1.807) is 49.5 Å². The molecule has 2 amide bonds. The van der Waals surface area contributed by atoms with E-state index in [2.05, 4.69) is 10.6 Å². The zero-order chi connectivity index (χ0) is 19.2. The fourth-order valence-corrected chi connectivity index (χ4v) is 3.38. The van der Waals surface area contributed by atoms with Crippen LogP contribution < -0.4 is 15.5 Å². The maximum Gasteiger partial charge on any atom is 0.253 e. The van der Waals surface area contributed by atoms with Crippen molar-refractivity contribution < 1.29 is 14.0 Å². The maximum atomic E-state index is 13.9. The van der Waals surface area contributed by atoms with Crippen LogP contribution in [0.5, 0.6) is 0 Å². The monoisotopic (exact) mass is 369 g/mol.